The molecule has 0 aromatic carbocycles. The average Bonchev–Trinajstić information content (AvgIpc) is 2.16. The molecule has 0 amide bonds. The Morgan fingerprint density at radius 1 is 1.62 bits per heavy atom. The van der Waals surface area contributed by atoms with E-state index in [9.17, 15) is 14.9 Å². The second-order valence-corrected chi connectivity index (χ2v) is 2.53. The van der Waals surface area contributed by atoms with Crippen LogP contribution in [0.5, 0.6) is 0 Å². The van der Waals surface area contributed by atoms with Gasteiger partial charge in [-0.2, -0.15) is 0 Å². The van der Waals surface area contributed by atoms with Gasteiger partial charge in [0, 0.05) is 11.9 Å². The molecule has 0 saturated heterocycles. The molecule has 0 aliphatic rings. The smallest absolute Gasteiger partial charge is 0.358 e. The molecule has 5 nitrogen and oxygen atoms in total. The number of aldehydes is 1. The molecule has 0 fully saturated rings. The van der Waals surface area contributed by atoms with E-state index in [1.807, 2.05) is 0 Å². The lowest BCUT2D eigenvalue weighted by molar-refractivity contribution is -0.389. The zero-order chi connectivity index (χ0) is 9.84. The molecule has 0 spiro atoms. The molecule has 0 saturated carbocycles. The monoisotopic (exact) mass is 200 g/mol. The van der Waals surface area contributed by atoms with Crippen molar-refractivity contribution in [2.45, 2.75) is 5.88 Å². The number of halogens is 1. The van der Waals surface area contributed by atoms with Crippen LogP contribution < -0.4 is 0 Å². The van der Waals surface area contributed by atoms with E-state index in [2.05, 4.69) is 4.98 Å². The maximum atomic E-state index is 10.3. The number of nitro groups is 1. The van der Waals surface area contributed by atoms with Crippen LogP contribution in [0.2, 0.25) is 0 Å². The number of hydrogen-bond donors (Lipinski definition) is 0. The maximum Gasteiger partial charge on any atom is 0.364 e. The highest BCUT2D eigenvalue weighted by molar-refractivity contribution is 6.17. The van der Waals surface area contributed by atoms with E-state index in [-0.39, 0.29) is 17.4 Å². The van der Waals surface area contributed by atoms with Crippen molar-refractivity contribution in [2.75, 3.05) is 0 Å². The van der Waals surface area contributed by atoms with Crippen LogP contribution in [0.4, 0.5) is 5.82 Å². The lowest BCUT2D eigenvalue weighted by atomic mass is 10.2. The largest absolute Gasteiger partial charge is 0.364 e. The number of carbonyl (C=O) groups is 1. The fourth-order valence-electron chi connectivity index (χ4n) is 0.825. The predicted octanol–water partition coefficient (Wildman–Crippen LogP) is 1.54. The van der Waals surface area contributed by atoms with Crippen molar-refractivity contribution < 1.29 is 9.72 Å². The topological polar surface area (TPSA) is 73.1 Å². The SMILES string of the molecule is O=Cc1cc(CCl)cc([N+](=O)[O-])n1. The molecule has 0 radical (unpaired) electrons. The number of carbonyl (C=O) groups excluding carboxylic acids is 1. The van der Waals surface area contributed by atoms with Gasteiger partial charge in [0.25, 0.3) is 0 Å². The first kappa shape index (κ1) is 9.60. The fraction of sp³-hybridized carbons (Fsp3) is 0.143. The average molecular weight is 201 g/mol. The number of alkyl halides is 1. The normalized spacial score (nSPS) is 9.62. The first-order valence-corrected chi connectivity index (χ1v) is 3.87. The van der Waals surface area contributed by atoms with Gasteiger partial charge in [-0.1, -0.05) is 0 Å². The molecule has 6 heteroatoms. The van der Waals surface area contributed by atoms with Gasteiger partial charge in [0.15, 0.2) is 6.29 Å². The fourth-order valence-corrected chi connectivity index (χ4v) is 0.980. The molecule has 1 aromatic rings. The highest BCUT2D eigenvalue weighted by Crippen LogP contribution is 2.13. The molecule has 13 heavy (non-hydrogen) atoms. The maximum absolute atomic E-state index is 10.3. The first-order chi connectivity index (χ1) is 6.17. The number of nitrogens with zero attached hydrogens (tertiary/aromatic N) is 2. The van der Waals surface area contributed by atoms with Crippen LogP contribution in [0.3, 0.4) is 0 Å². The molecule has 0 aliphatic heterocycles. The predicted molar refractivity (Wildman–Crippen MR) is 45.8 cm³/mol. The van der Waals surface area contributed by atoms with Crippen LogP contribution in [0.15, 0.2) is 12.1 Å². The van der Waals surface area contributed by atoms with E-state index >= 15 is 0 Å². The Morgan fingerprint density at radius 3 is 2.77 bits per heavy atom. The zero-order valence-electron chi connectivity index (χ0n) is 6.44. The molecular weight excluding hydrogens is 196 g/mol. The molecule has 0 aliphatic carbocycles. The van der Waals surface area contributed by atoms with Gasteiger partial charge in [-0.15, -0.1) is 11.6 Å². The summed E-state index contributed by atoms with van der Waals surface area (Å²) < 4.78 is 0. The number of rotatable bonds is 3. The minimum Gasteiger partial charge on any atom is -0.358 e. The second kappa shape index (κ2) is 3.95. The Morgan fingerprint density at radius 2 is 2.31 bits per heavy atom. The van der Waals surface area contributed by atoms with Crippen LogP contribution in [0, 0.1) is 10.1 Å². The summed E-state index contributed by atoms with van der Waals surface area (Å²) in [5.74, 6) is -0.246. The van der Waals surface area contributed by atoms with E-state index in [1.165, 1.54) is 12.1 Å². The third kappa shape index (κ3) is 2.22. The summed E-state index contributed by atoms with van der Waals surface area (Å²) in [4.78, 5) is 23.5. The van der Waals surface area contributed by atoms with Crippen LogP contribution in [-0.4, -0.2) is 16.2 Å². The van der Waals surface area contributed by atoms with Gasteiger partial charge in [0.05, 0.1) is 0 Å². The van der Waals surface area contributed by atoms with Crippen LogP contribution in [0.25, 0.3) is 0 Å². The summed E-state index contributed by atoms with van der Waals surface area (Å²) in [7, 11) is 0. The standard InChI is InChI=1S/C7H5ClN2O3/c8-3-5-1-6(4-11)9-7(2-5)10(12)13/h1-2,4H,3H2. The van der Waals surface area contributed by atoms with Gasteiger partial charge < -0.3 is 10.1 Å². The first-order valence-electron chi connectivity index (χ1n) is 3.34. The molecule has 0 bridgehead atoms. The van der Waals surface area contributed by atoms with E-state index in [0.29, 0.717) is 11.8 Å². The van der Waals surface area contributed by atoms with Crippen LogP contribution >= 0.6 is 11.6 Å². The Bertz CT molecular complexity index is 354. The quantitative estimate of drug-likeness (QED) is 0.321. The van der Waals surface area contributed by atoms with Gasteiger partial charge in [-0.25, -0.2) is 0 Å². The lowest BCUT2D eigenvalue weighted by Crippen LogP contribution is -1.97. The van der Waals surface area contributed by atoms with Crippen molar-refractivity contribution >= 4 is 23.7 Å². The van der Waals surface area contributed by atoms with Crippen molar-refractivity contribution in [3.05, 3.63) is 33.5 Å². The summed E-state index contributed by atoms with van der Waals surface area (Å²) in [5.41, 5.74) is 0.523. The van der Waals surface area contributed by atoms with Gasteiger partial charge in [-0.05, 0) is 21.5 Å². The van der Waals surface area contributed by atoms with Gasteiger partial charge in [-0.3, -0.25) is 4.79 Å². The third-order valence-electron chi connectivity index (χ3n) is 1.35. The van der Waals surface area contributed by atoms with E-state index in [0.717, 1.165) is 0 Å². The molecular formula is C7H5ClN2O3. The Hall–Kier alpha value is -1.49. The van der Waals surface area contributed by atoms with E-state index < -0.39 is 4.92 Å². The van der Waals surface area contributed by atoms with Crippen LogP contribution in [-0.2, 0) is 5.88 Å². The molecule has 1 aromatic heterocycles. The Balaban J connectivity index is 3.22. The van der Waals surface area contributed by atoms with Crippen molar-refractivity contribution in [1.82, 2.24) is 4.98 Å². The molecule has 0 atom stereocenters. The Kier molecular flexibility index (Phi) is 2.92. The van der Waals surface area contributed by atoms with E-state index in [4.69, 9.17) is 11.6 Å². The van der Waals surface area contributed by atoms with Crippen molar-refractivity contribution in [3.63, 3.8) is 0 Å². The minimum absolute atomic E-state index is 0.0184. The van der Waals surface area contributed by atoms with Crippen molar-refractivity contribution in [1.29, 1.82) is 0 Å². The number of hydrogen-bond acceptors (Lipinski definition) is 4. The highest BCUT2D eigenvalue weighted by atomic mass is 35.5. The van der Waals surface area contributed by atoms with Gasteiger partial charge in [0.2, 0.25) is 5.69 Å². The van der Waals surface area contributed by atoms with E-state index in [1.54, 1.807) is 0 Å². The summed E-state index contributed by atoms with van der Waals surface area (Å²) in [5, 5.41) is 10.3. The lowest BCUT2D eigenvalue weighted by Gasteiger charge is -1.95. The third-order valence-corrected chi connectivity index (χ3v) is 1.66. The van der Waals surface area contributed by atoms with Crippen molar-refractivity contribution in [2.24, 2.45) is 0 Å². The molecule has 0 unspecified atom stereocenters. The molecule has 1 heterocycles. The zero-order valence-corrected chi connectivity index (χ0v) is 7.19. The van der Waals surface area contributed by atoms with Gasteiger partial charge in [0.1, 0.15) is 0 Å². The molecule has 68 valence electrons. The summed E-state index contributed by atoms with van der Waals surface area (Å²) in [6, 6.07) is 2.65. The summed E-state index contributed by atoms with van der Waals surface area (Å²) in [6.45, 7) is 0. The molecule has 1 rings (SSSR count). The minimum atomic E-state index is -0.664. The summed E-state index contributed by atoms with van der Waals surface area (Å²) >= 11 is 5.47. The van der Waals surface area contributed by atoms with Crippen molar-refractivity contribution in [3.8, 4) is 0 Å². The number of pyridine rings is 1. The molecule has 0 N–H and O–H groups in total. The summed E-state index contributed by atoms with van der Waals surface area (Å²) in [6.07, 6.45) is 0.447. The highest BCUT2D eigenvalue weighted by Gasteiger charge is 2.11. The Labute approximate surface area is 78.5 Å². The second-order valence-electron chi connectivity index (χ2n) is 2.27. The van der Waals surface area contributed by atoms with Crippen LogP contribution in [0.1, 0.15) is 16.1 Å². The number of aromatic nitrogens is 1. The van der Waals surface area contributed by atoms with Gasteiger partial charge >= 0.3 is 5.82 Å².